The van der Waals surface area contributed by atoms with E-state index in [2.05, 4.69) is 52.0 Å². The lowest BCUT2D eigenvalue weighted by atomic mass is 10.1. The van der Waals surface area contributed by atoms with Crippen molar-refractivity contribution < 1.29 is 9.47 Å². The van der Waals surface area contributed by atoms with Gasteiger partial charge in [-0.05, 0) is 56.0 Å². The van der Waals surface area contributed by atoms with Crippen molar-refractivity contribution in [2.24, 2.45) is 0 Å². The fourth-order valence-corrected chi connectivity index (χ4v) is 4.62. The van der Waals surface area contributed by atoms with Gasteiger partial charge < -0.3 is 9.47 Å². The van der Waals surface area contributed by atoms with Crippen LogP contribution in [-0.2, 0) is 17.7 Å². The molecule has 3 aromatic rings. The van der Waals surface area contributed by atoms with Crippen molar-refractivity contribution in [2.75, 3.05) is 13.7 Å². The molecule has 7 heteroatoms. The summed E-state index contributed by atoms with van der Waals surface area (Å²) in [6.45, 7) is 3.54. The maximum absolute atomic E-state index is 9.79. The van der Waals surface area contributed by atoms with Crippen molar-refractivity contribution in [3.63, 3.8) is 0 Å². The number of nitrogens with zero attached hydrogens (tertiary/aromatic N) is 4. The number of benzene rings is 2. The summed E-state index contributed by atoms with van der Waals surface area (Å²) in [4.78, 5) is 0. The van der Waals surface area contributed by atoms with Crippen LogP contribution in [-0.4, -0.2) is 39.8 Å². The van der Waals surface area contributed by atoms with E-state index in [0.29, 0.717) is 13.0 Å². The minimum Gasteiger partial charge on any atom is -0.497 e. The Morgan fingerprint density at radius 2 is 1.97 bits per heavy atom. The van der Waals surface area contributed by atoms with E-state index in [-0.39, 0.29) is 11.4 Å². The second kappa shape index (κ2) is 9.99. The van der Waals surface area contributed by atoms with Gasteiger partial charge in [-0.1, -0.05) is 41.6 Å². The molecule has 2 atom stereocenters. The Morgan fingerprint density at radius 1 is 1.19 bits per heavy atom. The second-order valence-electron chi connectivity index (χ2n) is 7.71. The van der Waals surface area contributed by atoms with E-state index in [1.807, 2.05) is 24.3 Å². The molecule has 0 bridgehead atoms. The van der Waals surface area contributed by atoms with Gasteiger partial charge in [-0.2, -0.15) is 5.26 Å². The number of aromatic nitrogens is 3. The summed E-state index contributed by atoms with van der Waals surface area (Å²) < 4.78 is 13.3. The van der Waals surface area contributed by atoms with Crippen molar-refractivity contribution in [1.29, 1.82) is 5.26 Å². The first-order valence-electron chi connectivity index (χ1n) is 10.5. The Hall–Kier alpha value is -2.82. The lowest BCUT2D eigenvalue weighted by molar-refractivity contribution is 0.0953. The predicted molar refractivity (Wildman–Crippen MR) is 121 cm³/mol. The van der Waals surface area contributed by atoms with Crippen LogP contribution in [0.1, 0.15) is 24.0 Å². The number of aryl methyl sites for hydroxylation is 1. The molecular weight excluding hydrogens is 408 g/mol. The van der Waals surface area contributed by atoms with Crippen LogP contribution in [0.4, 0.5) is 0 Å². The molecule has 0 unspecified atom stereocenters. The normalized spacial score (nSPS) is 16.7. The zero-order chi connectivity index (χ0) is 21.6. The van der Waals surface area contributed by atoms with E-state index in [9.17, 15) is 5.26 Å². The van der Waals surface area contributed by atoms with E-state index in [1.165, 1.54) is 17.3 Å². The zero-order valence-corrected chi connectivity index (χ0v) is 18.6. The van der Waals surface area contributed by atoms with Crippen LogP contribution in [0.25, 0.3) is 11.4 Å². The van der Waals surface area contributed by atoms with Gasteiger partial charge in [0.05, 0.1) is 25.8 Å². The van der Waals surface area contributed by atoms with Gasteiger partial charge in [-0.25, -0.2) is 0 Å². The molecule has 1 fully saturated rings. The largest absolute Gasteiger partial charge is 0.497 e. The minimum atomic E-state index is -0.251. The van der Waals surface area contributed by atoms with Crippen LogP contribution in [0.3, 0.4) is 0 Å². The van der Waals surface area contributed by atoms with E-state index in [0.717, 1.165) is 47.3 Å². The molecule has 0 spiro atoms. The molecule has 0 aliphatic carbocycles. The summed E-state index contributed by atoms with van der Waals surface area (Å²) >= 11 is 1.47. The van der Waals surface area contributed by atoms with Crippen molar-refractivity contribution in [1.82, 2.24) is 14.8 Å². The molecular formula is C24H26N4O2S. The van der Waals surface area contributed by atoms with Crippen LogP contribution in [0.15, 0.2) is 53.7 Å². The smallest absolute Gasteiger partial charge is 0.192 e. The number of nitriles is 1. The summed E-state index contributed by atoms with van der Waals surface area (Å²) in [6, 6.07) is 18.6. The fourth-order valence-electron chi connectivity index (χ4n) is 3.67. The van der Waals surface area contributed by atoms with Gasteiger partial charge in [-0.3, -0.25) is 4.57 Å². The summed E-state index contributed by atoms with van der Waals surface area (Å²) in [5, 5.41) is 19.2. The van der Waals surface area contributed by atoms with Gasteiger partial charge >= 0.3 is 0 Å². The average Bonchev–Trinajstić information content (AvgIpc) is 3.45. The molecule has 0 amide bonds. The van der Waals surface area contributed by atoms with Crippen LogP contribution in [0.5, 0.6) is 5.75 Å². The lowest BCUT2D eigenvalue weighted by Crippen LogP contribution is -2.17. The highest BCUT2D eigenvalue weighted by atomic mass is 32.2. The van der Waals surface area contributed by atoms with Crippen LogP contribution < -0.4 is 4.74 Å². The highest BCUT2D eigenvalue weighted by molar-refractivity contribution is 8.00. The lowest BCUT2D eigenvalue weighted by Gasteiger charge is -2.16. The molecule has 1 aliphatic heterocycles. The SMILES string of the molecule is COc1ccc(-c2nnc(S[C@@H](C#N)Cc3ccc(C)cc3)n2C[C@H]2CCCO2)cc1. The monoisotopic (exact) mass is 434 g/mol. The molecule has 2 aromatic carbocycles. The van der Waals surface area contributed by atoms with Crippen LogP contribution in [0.2, 0.25) is 0 Å². The van der Waals surface area contributed by atoms with E-state index in [1.54, 1.807) is 7.11 Å². The molecule has 160 valence electrons. The first kappa shape index (κ1) is 21.4. The summed E-state index contributed by atoms with van der Waals surface area (Å²) in [5.41, 5.74) is 3.32. The van der Waals surface area contributed by atoms with Gasteiger partial charge in [0.1, 0.15) is 11.0 Å². The molecule has 4 rings (SSSR count). The van der Waals surface area contributed by atoms with Crippen molar-refractivity contribution in [2.45, 2.75) is 49.2 Å². The third-order valence-electron chi connectivity index (χ3n) is 5.41. The Bertz CT molecular complexity index is 1030. The molecule has 2 heterocycles. The first-order chi connectivity index (χ1) is 15.2. The Labute approximate surface area is 187 Å². The Balaban J connectivity index is 1.59. The number of methoxy groups -OCH3 is 1. The van der Waals surface area contributed by atoms with Gasteiger partial charge in [0.2, 0.25) is 0 Å². The quantitative estimate of drug-likeness (QED) is 0.480. The van der Waals surface area contributed by atoms with Crippen LogP contribution >= 0.6 is 11.8 Å². The summed E-state index contributed by atoms with van der Waals surface area (Å²) in [7, 11) is 1.65. The highest BCUT2D eigenvalue weighted by Crippen LogP contribution is 2.30. The van der Waals surface area contributed by atoms with Gasteiger partial charge in [0.25, 0.3) is 0 Å². The van der Waals surface area contributed by atoms with E-state index < -0.39 is 0 Å². The van der Waals surface area contributed by atoms with Crippen molar-refractivity contribution in [3.05, 3.63) is 59.7 Å². The minimum absolute atomic E-state index is 0.144. The maximum atomic E-state index is 9.79. The number of hydrogen-bond acceptors (Lipinski definition) is 6. The summed E-state index contributed by atoms with van der Waals surface area (Å²) in [6.07, 6.45) is 2.90. The number of hydrogen-bond donors (Lipinski definition) is 0. The topological polar surface area (TPSA) is 73.0 Å². The second-order valence-corrected chi connectivity index (χ2v) is 8.88. The molecule has 1 saturated heterocycles. The molecule has 6 nitrogen and oxygen atoms in total. The van der Waals surface area contributed by atoms with Crippen molar-refractivity contribution in [3.8, 4) is 23.2 Å². The molecule has 31 heavy (non-hydrogen) atoms. The number of ether oxygens (including phenoxy) is 2. The zero-order valence-electron chi connectivity index (χ0n) is 17.8. The molecule has 0 saturated carbocycles. The average molecular weight is 435 g/mol. The molecule has 1 aliphatic rings. The van der Waals surface area contributed by atoms with E-state index in [4.69, 9.17) is 9.47 Å². The third kappa shape index (κ3) is 5.27. The molecule has 1 aromatic heterocycles. The molecule has 0 N–H and O–H groups in total. The Kier molecular flexibility index (Phi) is 6.90. The Morgan fingerprint density at radius 3 is 2.61 bits per heavy atom. The summed E-state index contributed by atoms with van der Waals surface area (Å²) in [5.74, 6) is 1.58. The number of rotatable bonds is 8. The van der Waals surface area contributed by atoms with Gasteiger partial charge in [0.15, 0.2) is 11.0 Å². The predicted octanol–water partition coefficient (Wildman–Crippen LogP) is 4.67. The third-order valence-corrected chi connectivity index (χ3v) is 6.48. The first-order valence-corrected chi connectivity index (χ1v) is 11.4. The van der Waals surface area contributed by atoms with Gasteiger partial charge in [0, 0.05) is 12.2 Å². The van der Waals surface area contributed by atoms with E-state index >= 15 is 0 Å². The maximum Gasteiger partial charge on any atom is 0.192 e. The molecule has 0 radical (unpaired) electrons. The van der Waals surface area contributed by atoms with Crippen LogP contribution in [0, 0.1) is 18.3 Å². The number of thioether (sulfide) groups is 1. The highest BCUT2D eigenvalue weighted by Gasteiger charge is 2.24. The fraction of sp³-hybridized carbons (Fsp3) is 0.375. The van der Waals surface area contributed by atoms with Gasteiger partial charge in [-0.15, -0.1) is 10.2 Å². The standard InChI is InChI=1S/C24H26N4O2S/c1-17-5-7-18(8-6-17)14-22(15-25)31-24-27-26-23(19-9-11-20(29-2)12-10-19)28(24)16-21-4-3-13-30-21/h5-12,21-22H,3-4,13-14,16H2,1-2H3/t21-,22-/m1/s1. The van der Waals surface area contributed by atoms with Crippen molar-refractivity contribution >= 4 is 11.8 Å².